The topological polar surface area (TPSA) is 30.5 Å². The van der Waals surface area contributed by atoms with Crippen LogP contribution < -0.4 is 9.64 Å². The number of fused-ring (bicyclic) bond motifs is 13. The number of furan rings is 1. The Labute approximate surface area is 335 Å². The van der Waals surface area contributed by atoms with Gasteiger partial charge in [-0.05, 0) is 94.6 Å². The average molecular weight is 745 g/mol. The summed E-state index contributed by atoms with van der Waals surface area (Å²) in [5, 5.41) is 4.69. The van der Waals surface area contributed by atoms with Gasteiger partial charge in [0.05, 0.1) is 17.1 Å². The zero-order chi connectivity index (χ0) is 37.9. The van der Waals surface area contributed by atoms with Gasteiger partial charge < -0.3 is 18.6 Å². The lowest BCUT2D eigenvalue weighted by Crippen LogP contribution is -2.28. The van der Waals surface area contributed by atoms with E-state index in [2.05, 4.69) is 204 Å². The standard InChI is InChI=1S/C54H36N2O2/c1-5-19-47-39(15-1)40-16-2-6-20-48(40)55(47)37-13-9-11-33(29-37)35-23-27-51-45(31-35)43-25-26-44-46-32-36(24-28-52(46)58-54(44)53(43)57-51)34-12-10-14-38(30-34)56-49-21-7-3-17-41(49)42-18-4-8-22-50(42)56/h1-32,39,45,47,51H. The van der Waals surface area contributed by atoms with Gasteiger partial charge in [-0.3, -0.25) is 0 Å². The lowest BCUT2D eigenvalue weighted by atomic mass is 9.86. The molecule has 0 radical (unpaired) electrons. The van der Waals surface area contributed by atoms with E-state index in [1.54, 1.807) is 0 Å². The van der Waals surface area contributed by atoms with E-state index >= 15 is 0 Å². The van der Waals surface area contributed by atoms with E-state index in [-0.39, 0.29) is 18.1 Å². The third-order valence-corrected chi connectivity index (χ3v) is 12.9. The van der Waals surface area contributed by atoms with Gasteiger partial charge in [-0.15, -0.1) is 0 Å². The summed E-state index contributed by atoms with van der Waals surface area (Å²) in [6, 6.07) is 55.3. The van der Waals surface area contributed by atoms with Crippen molar-refractivity contribution in [2.45, 2.75) is 24.0 Å². The monoisotopic (exact) mass is 744 g/mol. The lowest BCUT2D eigenvalue weighted by Gasteiger charge is -2.29. The van der Waals surface area contributed by atoms with Crippen LogP contribution >= 0.6 is 0 Å². The predicted molar refractivity (Wildman–Crippen MR) is 238 cm³/mol. The van der Waals surface area contributed by atoms with Crippen LogP contribution in [0.3, 0.4) is 0 Å². The van der Waals surface area contributed by atoms with Crippen LogP contribution in [-0.4, -0.2) is 16.7 Å². The van der Waals surface area contributed by atoms with Crippen LogP contribution in [0, 0.1) is 0 Å². The van der Waals surface area contributed by atoms with E-state index in [0.29, 0.717) is 5.92 Å². The number of hydrogen-bond acceptors (Lipinski definition) is 3. The molecule has 2 aromatic heterocycles. The van der Waals surface area contributed by atoms with Crippen LogP contribution in [0.1, 0.15) is 28.5 Å². The van der Waals surface area contributed by atoms with Crippen LogP contribution in [0.15, 0.2) is 199 Å². The van der Waals surface area contributed by atoms with E-state index in [1.165, 1.54) is 55.4 Å². The molecule has 58 heavy (non-hydrogen) atoms. The molecule has 4 heterocycles. The maximum Gasteiger partial charge on any atom is 0.177 e. The fraction of sp³-hybridized carbons (Fsp3) is 0.0741. The average Bonchev–Trinajstić information content (AvgIpc) is 4.04. The van der Waals surface area contributed by atoms with Gasteiger partial charge in [-0.1, -0.05) is 127 Å². The number of allylic oxidation sites excluding steroid dienone is 4. The Morgan fingerprint density at radius 1 is 0.500 bits per heavy atom. The summed E-state index contributed by atoms with van der Waals surface area (Å²) in [5.41, 5.74) is 15.0. The van der Waals surface area contributed by atoms with Gasteiger partial charge in [0.15, 0.2) is 11.3 Å². The van der Waals surface area contributed by atoms with Crippen molar-refractivity contribution in [3.8, 4) is 22.6 Å². The van der Waals surface area contributed by atoms with Gasteiger partial charge in [0.25, 0.3) is 0 Å². The SMILES string of the molecule is C1=CC2c3ccccc3N(c3cccc(C4=CC5c6ccc7c(oc8ccc(-c9cccc(-n%10c%11ccccc%11c%11ccccc%11%10)c9)cc87)c6OC5C=C4)c3)C2C=C1. The Kier molecular flexibility index (Phi) is 6.65. The minimum Gasteiger partial charge on any atom is -0.481 e. The first kappa shape index (κ1) is 31.9. The van der Waals surface area contributed by atoms with Crippen molar-refractivity contribution in [1.82, 2.24) is 4.57 Å². The summed E-state index contributed by atoms with van der Waals surface area (Å²) in [6.45, 7) is 0. The number of nitrogens with zero attached hydrogens (tertiary/aromatic N) is 2. The number of para-hydroxylation sites is 3. The summed E-state index contributed by atoms with van der Waals surface area (Å²) in [6.07, 6.45) is 15.8. The summed E-state index contributed by atoms with van der Waals surface area (Å²) >= 11 is 0. The molecular formula is C54H36N2O2. The van der Waals surface area contributed by atoms with Crippen molar-refractivity contribution in [3.63, 3.8) is 0 Å². The Morgan fingerprint density at radius 2 is 1.24 bits per heavy atom. The Hall–Kier alpha value is -7.30. The van der Waals surface area contributed by atoms with Crippen molar-refractivity contribution in [2.75, 3.05) is 4.90 Å². The van der Waals surface area contributed by atoms with Crippen LogP contribution in [0.4, 0.5) is 11.4 Å². The van der Waals surface area contributed by atoms with Crippen LogP contribution in [-0.2, 0) is 0 Å². The lowest BCUT2D eigenvalue weighted by molar-refractivity contribution is 0.269. The van der Waals surface area contributed by atoms with E-state index in [4.69, 9.17) is 9.15 Å². The predicted octanol–water partition coefficient (Wildman–Crippen LogP) is 13.6. The Bertz CT molecular complexity index is 3260. The summed E-state index contributed by atoms with van der Waals surface area (Å²) in [5.74, 6) is 1.31. The van der Waals surface area contributed by atoms with Crippen LogP contribution in [0.5, 0.6) is 5.75 Å². The van der Waals surface area contributed by atoms with E-state index < -0.39 is 0 Å². The highest BCUT2D eigenvalue weighted by Crippen LogP contribution is 2.51. The smallest absolute Gasteiger partial charge is 0.177 e. The Morgan fingerprint density at radius 3 is 2.12 bits per heavy atom. The molecule has 0 saturated heterocycles. The molecule has 4 heteroatoms. The maximum absolute atomic E-state index is 6.73. The van der Waals surface area contributed by atoms with Gasteiger partial charge in [0.1, 0.15) is 11.7 Å². The molecule has 2 aliphatic heterocycles. The first-order valence-electron chi connectivity index (χ1n) is 20.2. The number of ether oxygens (including phenoxy) is 1. The molecule has 0 N–H and O–H groups in total. The number of anilines is 2. The van der Waals surface area contributed by atoms with Gasteiger partial charge in [-0.25, -0.2) is 0 Å². The van der Waals surface area contributed by atoms with Crippen molar-refractivity contribution in [1.29, 1.82) is 0 Å². The number of hydrogen-bond donors (Lipinski definition) is 0. The van der Waals surface area contributed by atoms with Gasteiger partial charge in [-0.2, -0.15) is 0 Å². The van der Waals surface area contributed by atoms with Crippen LogP contribution in [0.25, 0.3) is 66.1 Å². The molecule has 274 valence electrons. The fourth-order valence-corrected chi connectivity index (χ4v) is 10.2. The molecule has 4 unspecified atom stereocenters. The summed E-state index contributed by atoms with van der Waals surface area (Å²) in [7, 11) is 0. The van der Waals surface area contributed by atoms with E-state index in [0.717, 1.165) is 44.5 Å². The highest BCUT2D eigenvalue weighted by molar-refractivity contribution is 6.10. The summed E-state index contributed by atoms with van der Waals surface area (Å²) < 4.78 is 15.7. The van der Waals surface area contributed by atoms with Crippen molar-refractivity contribution in [3.05, 3.63) is 211 Å². The third-order valence-electron chi connectivity index (χ3n) is 12.9. The molecule has 0 saturated carbocycles. The number of rotatable bonds is 4. The second kappa shape index (κ2) is 12.1. The molecule has 0 amide bonds. The quantitative estimate of drug-likeness (QED) is 0.180. The van der Waals surface area contributed by atoms with E-state index in [1.807, 2.05) is 0 Å². The largest absolute Gasteiger partial charge is 0.481 e. The molecule has 4 nitrogen and oxygen atoms in total. The summed E-state index contributed by atoms with van der Waals surface area (Å²) in [4.78, 5) is 2.50. The minimum absolute atomic E-state index is 0.0784. The first-order chi connectivity index (χ1) is 28.7. The van der Waals surface area contributed by atoms with Gasteiger partial charge >= 0.3 is 0 Å². The van der Waals surface area contributed by atoms with Gasteiger partial charge in [0, 0.05) is 56.0 Å². The highest BCUT2D eigenvalue weighted by atomic mass is 16.5. The number of benzene rings is 7. The Balaban J connectivity index is 0.847. The molecule has 2 aliphatic carbocycles. The van der Waals surface area contributed by atoms with Crippen molar-refractivity contribution in [2.24, 2.45) is 0 Å². The molecule has 0 bridgehead atoms. The molecule has 7 aromatic carbocycles. The first-order valence-corrected chi connectivity index (χ1v) is 20.2. The fourth-order valence-electron chi connectivity index (χ4n) is 10.2. The molecule has 9 aromatic rings. The number of aromatic nitrogens is 1. The molecule has 13 rings (SSSR count). The highest BCUT2D eigenvalue weighted by Gasteiger charge is 2.38. The van der Waals surface area contributed by atoms with Crippen molar-refractivity contribution >= 4 is 60.7 Å². The molecule has 4 aliphatic rings. The van der Waals surface area contributed by atoms with E-state index in [9.17, 15) is 0 Å². The second-order valence-electron chi connectivity index (χ2n) is 15.9. The normalized spacial score (nSPS) is 20.1. The maximum atomic E-state index is 6.73. The van der Waals surface area contributed by atoms with Crippen LogP contribution in [0.2, 0.25) is 0 Å². The molecule has 0 fully saturated rings. The molecule has 0 spiro atoms. The third kappa shape index (κ3) is 4.57. The zero-order valence-corrected chi connectivity index (χ0v) is 31.5. The molecular weight excluding hydrogens is 709 g/mol. The second-order valence-corrected chi connectivity index (χ2v) is 15.9. The van der Waals surface area contributed by atoms with Crippen molar-refractivity contribution < 1.29 is 9.15 Å². The van der Waals surface area contributed by atoms with Gasteiger partial charge in [0.2, 0.25) is 0 Å². The zero-order valence-electron chi connectivity index (χ0n) is 31.5. The minimum atomic E-state index is -0.0784. The molecule has 4 atom stereocenters.